The Bertz CT molecular complexity index is 1240. The summed E-state index contributed by atoms with van der Waals surface area (Å²) in [4.78, 5) is 0. The van der Waals surface area contributed by atoms with Crippen molar-refractivity contribution in [2.45, 2.75) is 32.9 Å². The first-order valence-corrected chi connectivity index (χ1v) is 18.3. The van der Waals surface area contributed by atoms with E-state index in [1.807, 2.05) is 70.2 Å². The molecule has 0 N–H and O–H groups in total. The molecule has 9 nitrogen and oxygen atoms in total. The van der Waals surface area contributed by atoms with Crippen molar-refractivity contribution in [1.82, 2.24) is 14.9 Å². The Morgan fingerprint density at radius 2 is 1.43 bits per heavy atom. The molecule has 0 aliphatic carbocycles. The fraction of sp³-hybridized carbons (Fsp3) is 0.348. The maximum Gasteiger partial charge on any atom is 0.380 e. The van der Waals surface area contributed by atoms with Crippen molar-refractivity contribution in [3.8, 4) is 17.1 Å². The first kappa shape index (κ1) is 30.1. The van der Waals surface area contributed by atoms with Crippen LogP contribution in [0.2, 0.25) is 0 Å². The van der Waals surface area contributed by atoms with Crippen molar-refractivity contribution in [3.05, 3.63) is 60.2 Å². The molecular formula is C23H30N4O5P2S3. The summed E-state index contributed by atoms with van der Waals surface area (Å²) in [5.41, 5.74) is -1.00. The molecule has 2 aromatic carbocycles. The third-order valence-electron chi connectivity index (χ3n) is 4.41. The Balaban J connectivity index is 1.96. The largest absolute Gasteiger partial charge is 0.424 e. The molecule has 0 amide bonds. The van der Waals surface area contributed by atoms with Gasteiger partial charge in [-0.1, -0.05) is 30.3 Å². The summed E-state index contributed by atoms with van der Waals surface area (Å²) in [6.07, 6.45) is 1.74. The Morgan fingerprint density at radius 1 is 0.838 bits per heavy atom. The van der Waals surface area contributed by atoms with Gasteiger partial charge in [0.25, 0.3) is 5.69 Å². The molecule has 0 atom stereocenters. The fourth-order valence-corrected chi connectivity index (χ4v) is 9.48. The van der Waals surface area contributed by atoms with Crippen molar-refractivity contribution in [3.63, 3.8) is 0 Å². The van der Waals surface area contributed by atoms with Crippen LogP contribution in [-0.2, 0) is 41.7 Å². The summed E-state index contributed by atoms with van der Waals surface area (Å²) < 4.78 is 30.3. The molecular weight excluding hydrogens is 570 g/mol. The van der Waals surface area contributed by atoms with Crippen molar-refractivity contribution >= 4 is 53.6 Å². The minimum Gasteiger partial charge on any atom is -0.424 e. The Morgan fingerprint density at radius 3 is 2.00 bits per heavy atom. The van der Waals surface area contributed by atoms with E-state index in [2.05, 4.69) is 15.3 Å². The molecule has 1 aromatic heterocycles. The zero-order valence-corrected chi connectivity index (χ0v) is 25.3. The number of aromatic nitrogens is 3. The molecule has 200 valence electrons. The fourth-order valence-electron chi connectivity index (χ4n) is 2.98. The topological polar surface area (TPSA) is 89.2 Å². The number of hydrogen-bond donors (Lipinski definition) is 0. The molecule has 0 unspecified atom stereocenters. The summed E-state index contributed by atoms with van der Waals surface area (Å²) >= 11 is 12.4. The molecule has 1 heterocycles. The van der Waals surface area contributed by atoms with E-state index < -0.39 is 12.4 Å². The molecule has 3 aromatic rings. The van der Waals surface area contributed by atoms with Gasteiger partial charge in [0.2, 0.25) is 5.16 Å². The zero-order valence-electron chi connectivity index (χ0n) is 21.1. The second kappa shape index (κ2) is 14.6. The quantitative estimate of drug-likeness (QED) is 0.136. The van der Waals surface area contributed by atoms with Gasteiger partial charge in [0, 0.05) is 28.8 Å². The highest BCUT2D eigenvalue weighted by Crippen LogP contribution is 2.63. The predicted octanol–water partition coefficient (Wildman–Crippen LogP) is 6.89. The van der Waals surface area contributed by atoms with E-state index in [1.165, 1.54) is 11.4 Å². The van der Waals surface area contributed by atoms with Crippen LogP contribution < -0.4 is 4.52 Å². The van der Waals surface area contributed by atoms with Crippen LogP contribution in [0.15, 0.2) is 64.9 Å². The van der Waals surface area contributed by atoms with E-state index in [-0.39, 0.29) is 0 Å². The second-order valence-corrected chi connectivity index (χ2v) is 16.1. The van der Waals surface area contributed by atoms with Gasteiger partial charge < -0.3 is 13.6 Å². The molecule has 0 aliphatic heterocycles. The lowest BCUT2D eigenvalue weighted by Crippen LogP contribution is -2.02. The van der Waals surface area contributed by atoms with Crippen molar-refractivity contribution in [1.29, 1.82) is 0 Å². The zero-order chi connectivity index (χ0) is 26.7. The van der Waals surface area contributed by atoms with Crippen molar-refractivity contribution in [2.24, 2.45) is 5.10 Å². The molecule has 0 spiro atoms. The maximum absolute atomic E-state index is 5.90. The highest BCUT2D eigenvalue weighted by atomic mass is 32.9. The Kier molecular flexibility index (Phi) is 11.9. The van der Waals surface area contributed by atoms with Gasteiger partial charge in [-0.2, -0.15) is 9.78 Å². The average Bonchev–Trinajstić information content (AvgIpc) is 3.26. The smallest absolute Gasteiger partial charge is 0.380 e. The Hall–Kier alpha value is -1.46. The van der Waals surface area contributed by atoms with E-state index in [4.69, 9.17) is 46.2 Å². The highest BCUT2D eigenvalue weighted by molar-refractivity contribution is 8.67. The first-order chi connectivity index (χ1) is 17.8. The minimum absolute atomic E-state index is 0.398. The first-order valence-electron chi connectivity index (χ1n) is 11.7. The van der Waals surface area contributed by atoms with Crippen LogP contribution in [0.25, 0.3) is 11.4 Å². The summed E-state index contributed by atoms with van der Waals surface area (Å²) in [6, 6.07) is 17.0. The lowest BCUT2D eigenvalue weighted by Gasteiger charge is -2.21. The van der Waals surface area contributed by atoms with E-state index in [0.29, 0.717) is 43.2 Å². The standard InChI is InChI=1S/C23H30N4O5P2S3/c1-5-28-33(35,29-6-2)32-21-16-14-20(15-17-21)22-25-26-23(37-34(36,30-7-3)31-8-4)27(22)24-18-19-12-10-9-11-13-19/h9-18H,5-8H2,1-4H3/b24-18+. The van der Waals surface area contributed by atoms with Crippen LogP contribution in [0.1, 0.15) is 33.3 Å². The second-order valence-electron chi connectivity index (χ2n) is 7.05. The lowest BCUT2D eigenvalue weighted by atomic mass is 10.2. The summed E-state index contributed by atoms with van der Waals surface area (Å²) in [5, 5.41) is 13.9. The van der Waals surface area contributed by atoms with E-state index >= 15 is 0 Å². The Labute approximate surface area is 232 Å². The minimum atomic E-state index is -2.88. The number of nitrogens with zero attached hydrogens (tertiary/aromatic N) is 4. The summed E-state index contributed by atoms with van der Waals surface area (Å²) in [6.45, 7) is 6.23. The van der Waals surface area contributed by atoms with Gasteiger partial charge in [-0.25, -0.2) is 0 Å². The molecule has 0 saturated heterocycles. The third kappa shape index (κ3) is 8.78. The van der Waals surface area contributed by atoms with E-state index in [1.54, 1.807) is 23.0 Å². The lowest BCUT2D eigenvalue weighted by molar-refractivity contribution is 0.218. The van der Waals surface area contributed by atoms with Crippen LogP contribution in [0, 0.1) is 0 Å². The normalized spacial score (nSPS) is 12.3. The van der Waals surface area contributed by atoms with Gasteiger partial charge in [-0.3, -0.25) is 9.05 Å². The average molecular weight is 601 g/mol. The van der Waals surface area contributed by atoms with Gasteiger partial charge in [-0.15, -0.1) is 10.2 Å². The van der Waals surface area contributed by atoms with Gasteiger partial charge in [0.15, 0.2) is 5.82 Å². The summed E-state index contributed by atoms with van der Waals surface area (Å²) in [5.74, 6) is 1.05. The molecule has 0 fully saturated rings. The van der Waals surface area contributed by atoms with Gasteiger partial charge in [-0.05, 0) is 69.3 Å². The van der Waals surface area contributed by atoms with Crippen LogP contribution in [0.3, 0.4) is 0 Å². The molecule has 14 heteroatoms. The molecule has 0 saturated carbocycles. The monoisotopic (exact) mass is 600 g/mol. The number of rotatable bonds is 15. The maximum atomic E-state index is 5.90. The van der Waals surface area contributed by atoms with E-state index in [0.717, 1.165) is 11.1 Å². The van der Waals surface area contributed by atoms with Gasteiger partial charge in [0.05, 0.1) is 32.6 Å². The van der Waals surface area contributed by atoms with Crippen LogP contribution in [0.5, 0.6) is 5.75 Å². The van der Waals surface area contributed by atoms with Crippen LogP contribution in [0.4, 0.5) is 0 Å². The number of benzene rings is 2. The molecule has 0 aliphatic rings. The van der Waals surface area contributed by atoms with Crippen LogP contribution in [-0.4, -0.2) is 47.5 Å². The van der Waals surface area contributed by atoms with Crippen molar-refractivity contribution < 1.29 is 22.6 Å². The molecule has 0 radical (unpaired) electrons. The highest BCUT2D eigenvalue weighted by Gasteiger charge is 2.26. The van der Waals surface area contributed by atoms with Gasteiger partial charge >= 0.3 is 6.72 Å². The van der Waals surface area contributed by atoms with E-state index in [9.17, 15) is 0 Å². The van der Waals surface area contributed by atoms with Crippen molar-refractivity contribution in [2.75, 3.05) is 26.4 Å². The number of hydrogen-bond acceptors (Lipinski definition) is 11. The molecule has 37 heavy (non-hydrogen) atoms. The predicted molar refractivity (Wildman–Crippen MR) is 156 cm³/mol. The summed E-state index contributed by atoms with van der Waals surface area (Å²) in [7, 11) is 0. The molecule has 0 bridgehead atoms. The third-order valence-corrected chi connectivity index (χ3v) is 11.7. The SMILES string of the molecule is CCOP(=S)(OCC)Oc1ccc(-c2nnc(SP(=S)(OCC)OCC)n2/N=C/c2ccccc2)cc1. The van der Waals surface area contributed by atoms with Gasteiger partial charge in [0.1, 0.15) is 5.75 Å². The van der Waals surface area contributed by atoms with Crippen LogP contribution >= 0.6 is 23.8 Å². The molecule has 3 rings (SSSR count).